The molecule has 0 atom stereocenters. The molecule has 8 heteroatoms. The zero-order valence-electron chi connectivity index (χ0n) is 19.1. The van der Waals surface area contributed by atoms with Crippen LogP contribution in [0.2, 0.25) is 0 Å². The van der Waals surface area contributed by atoms with Gasteiger partial charge in [0.15, 0.2) is 0 Å². The molecule has 1 aliphatic rings. The lowest BCUT2D eigenvalue weighted by Crippen LogP contribution is -2.33. The van der Waals surface area contributed by atoms with Gasteiger partial charge in [0.05, 0.1) is 22.4 Å². The van der Waals surface area contributed by atoms with Gasteiger partial charge in [-0.3, -0.25) is 14.6 Å². The van der Waals surface area contributed by atoms with Crippen LogP contribution < -0.4 is 15.1 Å². The third kappa shape index (κ3) is 3.47. The van der Waals surface area contributed by atoms with Gasteiger partial charge in [-0.05, 0) is 56.2 Å². The number of carbonyl (C=O) groups excluding carboxylic acids is 2. The van der Waals surface area contributed by atoms with E-state index in [9.17, 15) is 9.59 Å². The van der Waals surface area contributed by atoms with Crippen molar-refractivity contribution in [1.29, 1.82) is 0 Å². The second kappa shape index (κ2) is 7.71. The molecule has 1 aromatic carbocycles. The van der Waals surface area contributed by atoms with Crippen LogP contribution in [0.25, 0.3) is 11.3 Å². The van der Waals surface area contributed by atoms with Crippen molar-refractivity contribution in [2.75, 3.05) is 36.3 Å². The van der Waals surface area contributed by atoms with Crippen LogP contribution in [0.15, 0.2) is 42.9 Å². The molecule has 0 fully saturated rings. The Morgan fingerprint density at radius 3 is 2.50 bits per heavy atom. The molecule has 4 rings (SSSR count). The van der Waals surface area contributed by atoms with Crippen molar-refractivity contribution in [3.8, 4) is 11.3 Å². The fourth-order valence-corrected chi connectivity index (χ4v) is 4.09. The van der Waals surface area contributed by atoms with E-state index in [1.807, 2.05) is 59.1 Å². The van der Waals surface area contributed by atoms with Gasteiger partial charge in [-0.25, -0.2) is 9.97 Å². The number of aromatic nitrogens is 3. The molecular weight excluding hydrogens is 404 g/mol. The summed E-state index contributed by atoms with van der Waals surface area (Å²) in [5.74, 6) is 0.216. The molecule has 0 bridgehead atoms. The molecule has 0 saturated carbocycles. The first kappa shape index (κ1) is 21.4. The standard InChI is InChI=1S/C24H26N6O2/c1-14-11-16(12-18-20(14)30(6)22(32)24(18,2)3)27-21(31)17-13-26-23(29(4)5)28-19(17)15-7-9-25-10-8-15/h7-13H,1-6H3,(H,27,31). The summed E-state index contributed by atoms with van der Waals surface area (Å²) in [6, 6.07) is 7.37. The Morgan fingerprint density at radius 1 is 1.16 bits per heavy atom. The van der Waals surface area contributed by atoms with Crippen LogP contribution in [0, 0.1) is 6.92 Å². The highest BCUT2D eigenvalue weighted by Gasteiger charge is 2.43. The number of hydrogen-bond acceptors (Lipinski definition) is 6. The van der Waals surface area contributed by atoms with Crippen LogP contribution >= 0.6 is 0 Å². The molecule has 32 heavy (non-hydrogen) atoms. The van der Waals surface area contributed by atoms with E-state index in [1.54, 1.807) is 29.2 Å². The molecule has 0 radical (unpaired) electrons. The van der Waals surface area contributed by atoms with E-state index in [0.29, 0.717) is 22.9 Å². The third-order valence-corrected chi connectivity index (χ3v) is 5.78. The highest BCUT2D eigenvalue weighted by molar-refractivity contribution is 6.10. The monoisotopic (exact) mass is 430 g/mol. The Balaban J connectivity index is 1.74. The Labute approximate surface area is 187 Å². The summed E-state index contributed by atoms with van der Waals surface area (Å²) in [6.45, 7) is 5.74. The molecule has 164 valence electrons. The fraction of sp³-hybridized carbons (Fsp3) is 0.292. The Bertz CT molecular complexity index is 1220. The van der Waals surface area contributed by atoms with Gasteiger partial charge in [-0.2, -0.15) is 0 Å². The van der Waals surface area contributed by atoms with E-state index in [2.05, 4.69) is 20.3 Å². The molecule has 3 aromatic rings. The minimum absolute atomic E-state index is 0.0340. The number of likely N-dealkylation sites (N-methyl/N-ethyl adjacent to an activating group) is 1. The van der Waals surface area contributed by atoms with Crippen molar-refractivity contribution in [2.24, 2.45) is 0 Å². The summed E-state index contributed by atoms with van der Waals surface area (Å²) in [7, 11) is 5.48. The molecule has 0 spiro atoms. The Morgan fingerprint density at radius 2 is 1.84 bits per heavy atom. The molecular formula is C24H26N6O2. The summed E-state index contributed by atoms with van der Waals surface area (Å²) >= 11 is 0. The van der Waals surface area contributed by atoms with Crippen LogP contribution in [0.3, 0.4) is 0 Å². The molecule has 2 amide bonds. The maximum Gasteiger partial charge on any atom is 0.259 e. The van der Waals surface area contributed by atoms with Gasteiger partial charge < -0.3 is 15.1 Å². The van der Waals surface area contributed by atoms with Crippen molar-refractivity contribution in [2.45, 2.75) is 26.2 Å². The molecule has 8 nitrogen and oxygen atoms in total. The summed E-state index contributed by atoms with van der Waals surface area (Å²) in [4.78, 5) is 42.4. The van der Waals surface area contributed by atoms with Crippen LogP contribution in [0.4, 0.5) is 17.3 Å². The fourth-order valence-electron chi connectivity index (χ4n) is 4.09. The lowest BCUT2D eigenvalue weighted by Gasteiger charge is -2.18. The molecule has 0 saturated heterocycles. The molecule has 3 heterocycles. The summed E-state index contributed by atoms with van der Waals surface area (Å²) in [6.07, 6.45) is 4.86. The summed E-state index contributed by atoms with van der Waals surface area (Å²) in [5.41, 5.74) is 4.34. The smallest absolute Gasteiger partial charge is 0.259 e. The van der Waals surface area contributed by atoms with Crippen molar-refractivity contribution in [1.82, 2.24) is 15.0 Å². The van der Waals surface area contributed by atoms with E-state index in [4.69, 9.17) is 0 Å². The molecule has 0 aliphatic carbocycles. The molecule has 1 aliphatic heterocycles. The quantitative estimate of drug-likeness (QED) is 0.682. The van der Waals surface area contributed by atoms with Crippen LogP contribution in [-0.2, 0) is 10.2 Å². The minimum atomic E-state index is -0.658. The lowest BCUT2D eigenvalue weighted by molar-refractivity contribution is -0.121. The number of benzene rings is 1. The second-order valence-electron chi connectivity index (χ2n) is 8.70. The van der Waals surface area contributed by atoms with Crippen molar-refractivity contribution < 1.29 is 9.59 Å². The number of aryl methyl sites for hydroxylation is 1. The average molecular weight is 431 g/mol. The first-order valence-corrected chi connectivity index (χ1v) is 10.3. The zero-order chi connectivity index (χ0) is 23.2. The van der Waals surface area contributed by atoms with E-state index in [-0.39, 0.29) is 11.8 Å². The van der Waals surface area contributed by atoms with Crippen molar-refractivity contribution in [3.63, 3.8) is 0 Å². The van der Waals surface area contributed by atoms with Gasteiger partial charge in [0.2, 0.25) is 11.9 Å². The number of fused-ring (bicyclic) bond motifs is 1. The van der Waals surface area contributed by atoms with E-state index in [1.165, 1.54) is 6.20 Å². The van der Waals surface area contributed by atoms with Gasteiger partial charge in [-0.15, -0.1) is 0 Å². The lowest BCUT2D eigenvalue weighted by atomic mass is 9.85. The Kier molecular flexibility index (Phi) is 5.16. The predicted octanol–water partition coefficient (Wildman–Crippen LogP) is 3.42. The van der Waals surface area contributed by atoms with Gasteiger partial charge in [0.25, 0.3) is 5.91 Å². The largest absolute Gasteiger partial charge is 0.347 e. The van der Waals surface area contributed by atoms with E-state index in [0.717, 1.165) is 22.4 Å². The first-order chi connectivity index (χ1) is 15.1. The van der Waals surface area contributed by atoms with Crippen LogP contribution in [0.1, 0.15) is 35.3 Å². The van der Waals surface area contributed by atoms with E-state index >= 15 is 0 Å². The number of rotatable bonds is 4. The normalized spacial score (nSPS) is 14.3. The highest BCUT2D eigenvalue weighted by atomic mass is 16.2. The highest BCUT2D eigenvalue weighted by Crippen LogP contribution is 2.44. The zero-order valence-corrected chi connectivity index (χ0v) is 19.1. The summed E-state index contributed by atoms with van der Waals surface area (Å²) in [5, 5.41) is 2.98. The number of carbonyl (C=O) groups is 2. The maximum atomic E-state index is 13.3. The first-order valence-electron chi connectivity index (χ1n) is 10.3. The van der Waals surface area contributed by atoms with E-state index < -0.39 is 5.41 Å². The van der Waals surface area contributed by atoms with Crippen LogP contribution in [0.5, 0.6) is 0 Å². The second-order valence-corrected chi connectivity index (χ2v) is 8.70. The van der Waals surface area contributed by atoms with Gasteiger partial charge >= 0.3 is 0 Å². The average Bonchev–Trinajstić information content (AvgIpc) is 2.94. The van der Waals surface area contributed by atoms with Crippen molar-refractivity contribution in [3.05, 3.63) is 59.5 Å². The Hall–Kier alpha value is -3.81. The topological polar surface area (TPSA) is 91.3 Å². The molecule has 0 unspecified atom stereocenters. The van der Waals surface area contributed by atoms with Crippen LogP contribution in [-0.4, -0.2) is 47.9 Å². The van der Waals surface area contributed by atoms with Gasteiger partial charge in [-0.1, -0.05) is 0 Å². The molecule has 1 N–H and O–H groups in total. The number of hydrogen-bond donors (Lipinski definition) is 1. The SMILES string of the molecule is Cc1cc(NC(=O)c2cnc(N(C)C)nc2-c2ccncc2)cc2c1N(C)C(=O)C2(C)C. The maximum absolute atomic E-state index is 13.3. The number of anilines is 3. The number of amides is 2. The minimum Gasteiger partial charge on any atom is -0.347 e. The van der Waals surface area contributed by atoms with Gasteiger partial charge in [0, 0.05) is 51.0 Å². The number of pyridine rings is 1. The van der Waals surface area contributed by atoms with Gasteiger partial charge in [0.1, 0.15) is 0 Å². The summed E-state index contributed by atoms with van der Waals surface area (Å²) < 4.78 is 0. The third-order valence-electron chi connectivity index (χ3n) is 5.78. The molecule has 2 aromatic heterocycles. The van der Waals surface area contributed by atoms with Crippen molar-refractivity contribution >= 4 is 29.1 Å². The number of nitrogens with one attached hydrogen (secondary N) is 1. The number of nitrogens with zero attached hydrogens (tertiary/aromatic N) is 5. The predicted molar refractivity (Wildman–Crippen MR) is 125 cm³/mol.